The fourth-order valence-electron chi connectivity index (χ4n) is 5.67. The molecular formula is C28H21N. The minimum atomic E-state index is 1.01. The summed E-state index contributed by atoms with van der Waals surface area (Å²) in [7, 11) is 2.24. The van der Waals surface area contributed by atoms with E-state index in [2.05, 4.69) is 84.7 Å². The van der Waals surface area contributed by atoms with Gasteiger partial charge in [-0.25, -0.2) is 0 Å². The number of anilines is 2. The van der Waals surface area contributed by atoms with Crippen molar-refractivity contribution in [2.75, 3.05) is 11.9 Å². The third-order valence-corrected chi connectivity index (χ3v) is 7.09. The van der Waals surface area contributed by atoms with Crippen LogP contribution in [0.2, 0.25) is 0 Å². The molecule has 0 N–H and O–H groups in total. The average molecular weight is 371 g/mol. The molecule has 1 aliphatic heterocycles. The highest BCUT2D eigenvalue weighted by molar-refractivity contribution is 5.87. The van der Waals surface area contributed by atoms with Crippen molar-refractivity contribution in [1.29, 1.82) is 0 Å². The van der Waals surface area contributed by atoms with Crippen LogP contribution in [0.1, 0.15) is 33.4 Å². The predicted octanol–water partition coefficient (Wildman–Crippen LogP) is 6.50. The zero-order chi connectivity index (χ0) is 19.1. The van der Waals surface area contributed by atoms with E-state index in [1.54, 1.807) is 0 Å². The Kier molecular flexibility index (Phi) is 2.90. The van der Waals surface area contributed by atoms with E-state index in [1.807, 2.05) is 0 Å². The van der Waals surface area contributed by atoms with Crippen LogP contribution in [0.3, 0.4) is 0 Å². The summed E-state index contributed by atoms with van der Waals surface area (Å²) in [4.78, 5) is 2.42. The summed E-state index contributed by atoms with van der Waals surface area (Å²) in [5, 5.41) is 0. The van der Waals surface area contributed by atoms with E-state index in [1.165, 1.54) is 67.0 Å². The van der Waals surface area contributed by atoms with Crippen LogP contribution in [0.25, 0.3) is 22.3 Å². The first-order valence-electron chi connectivity index (χ1n) is 10.5. The van der Waals surface area contributed by atoms with E-state index in [4.69, 9.17) is 0 Å². The van der Waals surface area contributed by atoms with Crippen LogP contribution in [0.4, 0.5) is 11.4 Å². The normalized spacial score (nSPS) is 14.6. The summed E-state index contributed by atoms with van der Waals surface area (Å²) in [5.41, 5.74) is 17.2. The first kappa shape index (κ1) is 15.6. The van der Waals surface area contributed by atoms with Gasteiger partial charge in [0.1, 0.15) is 0 Å². The van der Waals surface area contributed by atoms with Gasteiger partial charge in [-0.15, -0.1) is 0 Å². The molecule has 1 heterocycles. The second-order valence-electron chi connectivity index (χ2n) is 8.68. The van der Waals surface area contributed by atoms with Crippen molar-refractivity contribution in [1.82, 2.24) is 0 Å². The van der Waals surface area contributed by atoms with Gasteiger partial charge in [-0.2, -0.15) is 0 Å². The first-order valence-corrected chi connectivity index (χ1v) is 10.5. The molecule has 0 radical (unpaired) electrons. The summed E-state index contributed by atoms with van der Waals surface area (Å²) in [6, 6.07) is 27.5. The molecule has 138 valence electrons. The Hall–Kier alpha value is -3.32. The number of nitrogens with zero attached hydrogens (tertiary/aromatic N) is 1. The monoisotopic (exact) mass is 371 g/mol. The van der Waals surface area contributed by atoms with Gasteiger partial charge >= 0.3 is 0 Å². The maximum atomic E-state index is 2.46. The van der Waals surface area contributed by atoms with E-state index in [0.717, 1.165) is 19.3 Å². The van der Waals surface area contributed by atoms with Gasteiger partial charge < -0.3 is 4.90 Å². The number of benzene rings is 4. The maximum Gasteiger partial charge on any atom is 0.0447 e. The number of rotatable bonds is 0. The highest BCUT2D eigenvalue weighted by atomic mass is 15.1. The third-order valence-electron chi connectivity index (χ3n) is 7.09. The van der Waals surface area contributed by atoms with Crippen LogP contribution in [0.5, 0.6) is 0 Å². The second-order valence-corrected chi connectivity index (χ2v) is 8.68. The Morgan fingerprint density at radius 3 is 1.45 bits per heavy atom. The van der Waals surface area contributed by atoms with Gasteiger partial charge in [0, 0.05) is 24.8 Å². The van der Waals surface area contributed by atoms with Crippen molar-refractivity contribution in [3.63, 3.8) is 0 Å². The predicted molar refractivity (Wildman–Crippen MR) is 120 cm³/mol. The van der Waals surface area contributed by atoms with Gasteiger partial charge in [0.25, 0.3) is 0 Å². The zero-order valence-corrected chi connectivity index (χ0v) is 16.5. The molecule has 4 aromatic carbocycles. The van der Waals surface area contributed by atoms with Crippen molar-refractivity contribution in [3.05, 3.63) is 106 Å². The molecule has 29 heavy (non-hydrogen) atoms. The fourth-order valence-corrected chi connectivity index (χ4v) is 5.67. The lowest BCUT2D eigenvalue weighted by molar-refractivity contribution is 1.04. The van der Waals surface area contributed by atoms with E-state index < -0.39 is 0 Å². The summed E-state index contributed by atoms with van der Waals surface area (Å²) in [5.74, 6) is 0. The third kappa shape index (κ3) is 2.05. The molecule has 1 heteroatoms. The van der Waals surface area contributed by atoms with E-state index in [0.29, 0.717) is 0 Å². The quantitative estimate of drug-likeness (QED) is 0.294. The molecule has 0 saturated heterocycles. The molecule has 2 aliphatic carbocycles. The zero-order valence-electron chi connectivity index (χ0n) is 16.5. The minimum Gasteiger partial charge on any atom is -0.344 e. The Morgan fingerprint density at radius 2 is 0.931 bits per heavy atom. The first-order chi connectivity index (χ1) is 14.3. The van der Waals surface area contributed by atoms with Crippen LogP contribution in [-0.4, -0.2) is 7.05 Å². The van der Waals surface area contributed by atoms with Crippen LogP contribution in [0.15, 0.2) is 72.8 Å². The lowest BCUT2D eigenvalue weighted by atomic mass is 9.89. The highest BCUT2D eigenvalue weighted by Gasteiger charge is 2.28. The summed E-state index contributed by atoms with van der Waals surface area (Å²) in [6.07, 6.45) is 3.12. The SMILES string of the molecule is CN1c2cc3c(cc2Cc2cc4c(cc21)Cc1ccccc1-4)-c1ccccc1C3. The maximum absolute atomic E-state index is 2.46. The summed E-state index contributed by atoms with van der Waals surface area (Å²) >= 11 is 0. The smallest absolute Gasteiger partial charge is 0.0447 e. The van der Waals surface area contributed by atoms with Gasteiger partial charge in [-0.3, -0.25) is 0 Å². The molecule has 0 unspecified atom stereocenters. The lowest BCUT2D eigenvalue weighted by Crippen LogP contribution is -2.19. The van der Waals surface area contributed by atoms with Crippen molar-refractivity contribution >= 4 is 11.4 Å². The second kappa shape index (κ2) is 5.39. The standard InChI is InChI=1S/C28H21N/c1-29-27-15-19-10-17-6-2-4-8-23(17)25(19)13-21(27)12-22-14-26-20(16-28(22)29)11-18-7-3-5-9-24(18)26/h2-9,13-16H,10-12H2,1H3. The number of hydrogen-bond donors (Lipinski definition) is 0. The molecule has 0 fully saturated rings. The van der Waals surface area contributed by atoms with Gasteiger partial charge in [-0.1, -0.05) is 48.5 Å². The molecule has 3 aliphatic rings. The van der Waals surface area contributed by atoms with Crippen LogP contribution < -0.4 is 4.90 Å². The average Bonchev–Trinajstić information content (AvgIpc) is 3.29. The van der Waals surface area contributed by atoms with Crippen LogP contribution in [0, 0.1) is 0 Å². The largest absolute Gasteiger partial charge is 0.344 e. The Bertz CT molecular complexity index is 1240. The molecule has 4 aromatic rings. The molecule has 0 atom stereocenters. The molecule has 0 bridgehead atoms. The molecule has 0 aromatic heterocycles. The van der Waals surface area contributed by atoms with Gasteiger partial charge in [0.2, 0.25) is 0 Å². The van der Waals surface area contributed by atoms with Crippen molar-refractivity contribution in [2.45, 2.75) is 19.3 Å². The van der Waals surface area contributed by atoms with Gasteiger partial charge in [-0.05, 0) is 92.7 Å². The Morgan fingerprint density at radius 1 is 0.483 bits per heavy atom. The van der Waals surface area contributed by atoms with E-state index >= 15 is 0 Å². The van der Waals surface area contributed by atoms with Crippen molar-refractivity contribution in [2.24, 2.45) is 0 Å². The van der Waals surface area contributed by atoms with Crippen LogP contribution in [-0.2, 0) is 19.3 Å². The molecule has 0 amide bonds. The van der Waals surface area contributed by atoms with Gasteiger partial charge in [0.05, 0.1) is 0 Å². The van der Waals surface area contributed by atoms with Crippen LogP contribution >= 0.6 is 0 Å². The summed E-state index contributed by atoms with van der Waals surface area (Å²) < 4.78 is 0. The number of hydrogen-bond acceptors (Lipinski definition) is 1. The van der Waals surface area contributed by atoms with Gasteiger partial charge in [0.15, 0.2) is 0 Å². The molecule has 0 saturated carbocycles. The number of fused-ring (bicyclic) bond motifs is 8. The molecule has 1 nitrogen and oxygen atoms in total. The highest BCUT2D eigenvalue weighted by Crippen LogP contribution is 2.47. The van der Waals surface area contributed by atoms with Crippen molar-refractivity contribution in [3.8, 4) is 22.3 Å². The Balaban J connectivity index is 1.38. The minimum absolute atomic E-state index is 1.01. The van der Waals surface area contributed by atoms with Crippen molar-refractivity contribution < 1.29 is 0 Å². The molecule has 7 rings (SSSR count). The van der Waals surface area contributed by atoms with E-state index in [-0.39, 0.29) is 0 Å². The molecule has 0 spiro atoms. The lowest BCUT2D eigenvalue weighted by Gasteiger charge is -2.31. The topological polar surface area (TPSA) is 3.24 Å². The molecular weight excluding hydrogens is 350 g/mol. The summed E-state index contributed by atoms with van der Waals surface area (Å²) in [6.45, 7) is 0. The Labute approximate surface area is 171 Å². The fraction of sp³-hybridized carbons (Fsp3) is 0.143. The van der Waals surface area contributed by atoms with E-state index in [9.17, 15) is 0 Å².